The average molecular weight is 281 g/mol. The summed E-state index contributed by atoms with van der Waals surface area (Å²) in [7, 11) is 0. The molecule has 0 bridgehead atoms. The number of hydrogen-bond acceptors (Lipinski definition) is 5. The molecule has 0 aliphatic heterocycles. The molecule has 0 unspecified atom stereocenters. The predicted octanol–water partition coefficient (Wildman–Crippen LogP) is 1.55. The van der Waals surface area contributed by atoms with Crippen molar-refractivity contribution in [1.29, 1.82) is 0 Å². The van der Waals surface area contributed by atoms with E-state index >= 15 is 0 Å². The van der Waals surface area contributed by atoms with Crippen LogP contribution in [0.3, 0.4) is 0 Å². The fourth-order valence-corrected chi connectivity index (χ4v) is 2.42. The van der Waals surface area contributed by atoms with Crippen LogP contribution in [0.5, 0.6) is 0 Å². The van der Waals surface area contributed by atoms with Crippen LogP contribution in [-0.2, 0) is 11.2 Å². The smallest absolute Gasteiger partial charge is 0.251 e. The van der Waals surface area contributed by atoms with Crippen molar-refractivity contribution < 1.29 is 14.4 Å². The lowest BCUT2D eigenvalue weighted by Gasteiger charge is -2.30. The normalized spacial score (nSPS) is 18.2. The highest BCUT2D eigenvalue weighted by molar-refractivity contribution is 5.84. The molecular weight excluding hydrogens is 258 g/mol. The lowest BCUT2D eigenvalue weighted by molar-refractivity contribution is -0.142. The molecule has 1 aliphatic carbocycles. The van der Waals surface area contributed by atoms with Gasteiger partial charge in [0.25, 0.3) is 5.91 Å². The zero-order valence-electron chi connectivity index (χ0n) is 12.2. The molecule has 1 aromatic heterocycles. The molecule has 1 fully saturated rings. The highest BCUT2D eigenvalue weighted by Crippen LogP contribution is 2.27. The van der Waals surface area contributed by atoms with Gasteiger partial charge >= 0.3 is 0 Å². The van der Waals surface area contributed by atoms with Gasteiger partial charge in [0.1, 0.15) is 5.60 Å². The van der Waals surface area contributed by atoms with Gasteiger partial charge < -0.3 is 14.9 Å². The van der Waals surface area contributed by atoms with Crippen LogP contribution in [0.4, 0.5) is 0 Å². The summed E-state index contributed by atoms with van der Waals surface area (Å²) in [5.41, 5.74) is -1.18. The van der Waals surface area contributed by atoms with Crippen LogP contribution < -0.4 is 5.32 Å². The molecule has 1 saturated carbocycles. The number of nitrogens with one attached hydrogen (secondary N) is 1. The van der Waals surface area contributed by atoms with Crippen molar-refractivity contribution in [2.45, 2.75) is 63.9 Å². The Hall–Kier alpha value is -1.43. The fraction of sp³-hybridized carbons (Fsp3) is 0.786. The third kappa shape index (κ3) is 3.56. The Balaban J connectivity index is 1.78. The second-order valence-electron chi connectivity index (χ2n) is 5.80. The number of amides is 1. The third-order valence-electron chi connectivity index (χ3n) is 3.73. The Morgan fingerprint density at radius 3 is 2.70 bits per heavy atom. The van der Waals surface area contributed by atoms with Crippen molar-refractivity contribution in [1.82, 2.24) is 15.5 Å². The van der Waals surface area contributed by atoms with E-state index in [-0.39, 0.29) is 11.8 Å². The summed E-state index contributed by atoms with van der Waals surface area (Å²) in [5.74, 6) is 1.15. The number of nitrogens with zero attached hydrogens (tertiary/aromatic N) is 2. The number of carbonyl (C=O) groups is 1. The Kier molecular flexibility index (Phi) is 4.75. The number of hydrogen-bond donors (Lipinski definition) is 2. The van der Waals surface area contributed by atoms with Crippen LogP contribution in [0, 0.1) is 0 Å². The molecule has 0 saturated heterocycles. The zero-order chi connectivity index (χ0) is 14.6. The molecule has 112 valence electrons. The predicted molar refractivity (Wildman–Crippen MR) is 73.1 cm³/mol. The minimum atomic E-state index is -1.18. The van der Waals surface area contributed by atoms with E-state index in [1.165, 1.54) is 0 Å². The second-order valence-corrected chi connectivity index (χ2v) is 5.80. The maximum Gasteiger partial charge on any atom is 0.251 e. The molecule has 1 aromatic rings. The highest BCUT2D eigenvalue weighted by Gasteiger charge is 2.36. The average Bonchev–Trinajstić information content (AvgIpc) is 2.88. The van der Waals surface area contributed by atoms with Gasteiger partial charge in [-0.25, -0.2) is 0 Å². The van der Waals surface area contributed by atoms with Crippen LogP contribution >= 0.6 is 0 Å². The zero-order valence-corrected chi connectivity index (χ0v) is 12.2. The van der Waals surface area contributed by atoms with Gasteiger partial charge in [-0.05, 0) is 12.8 Å². The summed E-state index contributed by atoms with van der Waals surface area (Å²) < 4.78 is 5.10. The molecule has 6 nitrogen and oxygen atoms in total. The molecule has 2 rings (SSSR count). The van der Waals surface area contributed by atoms with E-state index in [2.05, 4.69) is 15.5 Å². The Morgan fingerprint density at radius 1 is 1.40 bits per heavy atom. The molecule has 20 heavy (non-hydrogen) atoms. The van der Waals surface area contributed by atoms with Gasteiger partial charge in [-0.3, -0.25) is 4.79 Å². The van der Waals surface area contributed by atoms with Crippen LogP contribution in [0.25, 0.3) is 0 Å². The molecule has 0 atom stereocenters. The molecule has 1 heterocycles. The maximum atomic E-state index is 12.0. The van der Waals surface area contributed by atoms with E-state index in [1.54, 1.807) is 0 Å². The third-order valence-corrected chi connectivity index (χ3v) is 3.73. The monoisotopic (exact) mass is 281 g/mol. The van der Waals surface area contributed by atoms with Crippen molar-refractivity contribution in [2.75, 3.05) is 6.54 Å². The SMILES string of the molecule is CC(C)c1noc(CCNC(=O)C2(O)CCCCC2)n1. The van der Waals surface area contributed by atoms with Crippen molar-refractivity contribution in [3.05, 3.63) is 11.7 Å². The van der Waals surface area contributed by atoms with Gasteiger partial charge in [0.15, 0.2) is 5.82 Å². The molecule has 2 N–H and O–H groups in total. The molecular formula is C14H23N3O3. The number of carbonyl (C=O) groups excluding carboxylic acids is 1. The van der Waals surface area contributed by atoms with E-state index in [1.807, 2.05) is 13.8 Å². The first-order chi connectivity index (χ1) is 9.51. The summed E-state index contributed by atoms with van der Waals surface area (Å²) >= 11 is 0. The molecule has 0 aromatic carbocycles. The quantitative estimate of drug-likeness (QED) is 0.854. The second kappa shape index (κ2) is 6.35. The van der Waals surface area contributed by atoms with Gasteiger partial charge in [0.05, 0.1) is 0 Å². The highest BCUT2D eigenvalue weighted by atomic mass is 16.5. The van der Waals surface area contributed by atoms with Gasteiger partial charge in [0.2, 0.25) is 5.89 Å². The van der Waals surface area contributed by atoms with Crippen molar-refractivity contribution in [3.8, 4) is 0 Å². The molecule has 6 heteroatoms. The molecule has 0 spiro atoms. The first-order valence-electron chi connectivity index (χ1n) is 7.34. The standard InChI is InChI=1S/C14H23N3O3/c1-10(2)12-16-11(20-17-12)6-9-15-13(18)14(19)7-4-3-5-8-14/h10,19H,3-9H2,1-2H3,(H,15,18). The van der Waals surface area contributed by atoms with Crippen molar-refractivity contribution >= 4 is 5.91 Å². The Morgan fingerprint density at radius 2 is 2.10 bits per heavy atom. The van der Waals surface area contributed by atoms with E-state index in [9.17, 15) is 9.90 Å². The van der Waals surface area contributed by atoms with Gasteiger partial charge in [-0.1, -0.05) is 38.3 Å². The minimum absolute atomic E-state index is 0.227. The maximum absolute atomic E-state index is 12.0. The number of aromatic nitrogens is 2. The van der Waals surface area contributed by atoms with Gasteiger partial charge in [-0.2, -0.15) is 4.98 Å². The molecule has 1 amide bonds. The van der Waals surface area contributed by atoms with Crippen molar-refractivity contribution in [2.24, 2.45) is 0 Å². The fourth-order valence-electron chi connectivity index (χ4n) is 2.42. The Bertz CT molecular complexity index is 450. The summed E-state index contributed by atoms with van der Waals surface area (Å²) in [6, 6.07) is 0. The van der Waals surface area contributed by atoms with Gasteiger partial charge in [-0.15, -0.1) is 0 Å². The lowest BCUT2D eigenvalue weighted by atomic mass is 9.84. The Labute approximate surface area is 118 Å². The van der Waals surface area contributed by atoms with Crippen LogP contribution in [0.2, 0.25) is 0 Å². The van der Waals surface area contributed by atoms with Gasteiger partial charge in [0, 0.05) is 18.9 Å². The number of aliphatic hydroxyl groups is 1. The number of rotatable bonds is 5. The van der Waals surface area contributed by atoms with E-state index in [4.69, 9.17) is 4.52 Å². The first kappa shape index (κ1) is 15.0. The summed E-state index contributed by atoms with van der Waals surface area (Å²) in [6.07, 6.45) is 4.50. The van der Waals surface area contributed by atoms with E-state index in [0.29, 0.717) is 37.5 Å². The summed E-state index contributed by atoms with van der Waals surface area (Å²) in [4.78, 5) is 16.2. The lowest BCUT2D eigenvalue weighted by Crippen LogP contribution is -2.48. The minimum Gasteiger partial charge on any atom is -0.380 e. The van der Waals surface area contributed by atoms with Crippen LogP contribution in [-0.4, -0.2) is 33.3 Å². The first-order valence-corrected chi connectivity index (χ1v) is 7.34. The summed E-state index contributed by atoms with van der Waals surface area (Å²) in [6.45, 7) is 4.39. The largest absolute Gasteiger partial charge is 0.380 e. The summed E-state index contributed by atoms with van der Waals surface area (Å²) in [5, 5.41) is 16.9. The van der Waals surface area contributed by atoms with Crippen molar-refractivity contribution in [3.63, 3.8) is 0 Å². The van der Waals surface area contributed by atoms with E-state index < -0.39 is 5.60 Å². The van der Waals surface area contributed by atoms with Crippen LogP contribution in [0.15, 0.2) is 4.52 Å². The van der Waals surface area contributed by atoms with E-state index in [0.717, 1.165) is 19.3 Å². The topological polar surface area (TPSA) is 88.2 Å². The molecule has 0 radical (unpaired) electrons. The molecule has 1 aliphatic rings. The van der Waals surface area contributed by atoms with Crippen LogP contribution in [0.1, 0.15) is 63.6 Å².